The van der Waals surface area contributed by atoms with Crippen molar-refractivity contribution in [1.82, 2.24) is 4.90 Å². The lowest BCUT2D eigenvalue weighted by atomic mass is 10.1. The Balaban J connectivity index is 2.07. The van der Waals surface area contributed by atoms with Crippen molar-refractivity contribution in [1.29, 1.82) is 0 Å². The summed E-state index contributed by atoms with van der Waals surface area (Å²) in [5.41, 5.74) is 1.16. The van der Waals surface area contributed by atoms with Crippen LogP contribution < -0.4 is 5.32 Å². The number of carbonyl (C=O) groups is 2. The zero-order valence-corrected chi connectivity index (χ0v) is 14.4. The highest BCUT2D eigenvalue weighted by Gasteiger charge is 2.30. The molecular weight excluding hydrogens is 292 g/mol. The van der Waals surface area contributed by atoms with Gasteiger partial charge in [0.05, 0.1) is 6.54 Å². The van der Waals surface area contributed by atoms with Crippen LogP contribution in [0.4, 0.5) is 10.5 Å². The maximum Gasteiger partial charge on any atom is 0.410 e. The van der Waals surface area contributed by atoms with Crippen molar-refractivity contribution < 1.29 is 14.3 Å². The van der Waals surface area contributed by atoms with E-state index >= 15 is 0 Å². The van der Waals surface area contributed by atoms with Crippen molar-refractivity contribution in [2.24, 2.45) is 5.92 Å². The van der Waals surface area contributed by atoms with Gasteiger partial charge in [-0.05, 0) is 52.2 Å². The largest absolute Gasteiger partial charge is 0.444 e. The lowest BCUT2D eigenvalue weighted by Gasteiger charge is -2.27. The molecule has 1 aromatic rings. The molecule has 2 amide bonds. The van der Waals surface area contributed by atoms with E-state index in [2.05, 4.69) is 5.32 Å². The molecule has 1 aliphatic rings. The Hall–Kier alpha value is -2.04. The predicted octanol–water partition coefficient (Wildman–Crippen LogP) is 3.79. The highest BCUT2D eigenvalue weighted by Crippen LogP contribution is 2.31. The summed E-state index contributed by atoms with van der Waals surface area (Å²) < 4.78 is 5.43. The summed E-state index contributed by atoms with van der Waals surface area (Å²) in [6.45, 7) is 8.41. The summed E-state index contributed by atoms with van der Waals surface area (Å²) in [5, 5.41) is 2.97. The van der Waals surface area contributed by atoms with Gasteiger partial charge in [0.2, 0.25) is 5.91 Å². The van der Waals surface area contributed by atoms with Gasteiger partial charge in [-0.2, -0.15) is 0 Å². The van der Waals surface area contributed by atoms with Gasteiger partial charge in [-0.3, -0.25) is 4.79 Å². The molecule has 0 radical (unpaired) electrons. The van der Waals surface area contributed by atoms with Gasteiger partial charge in [0, 0.05) is 18.2 Å². The van der Waals surface area contributed by atoms with Crippen molar-refractivity contribution in [3.05, 3.63) is 29.8 Å². The smallest absolute Gasteiger partial charge is 0.410 e. The monoisotopic (exact) mass is 318 g/mol. The Morgan fingerprint density at radius 1 is 1.26 bits per heavy atom. The fourth-order valence-electron chi connectivity index (χ4n) is 2.20. The number of carbonyl (C=O) groups excluding carboxylic acids is 2. The zero-order valence-electron chi connectivity index (χ0n) is 14.4. The van der Waals surface area contributed by atoms with Gasteiger partial charge < -0.3 is 15.0 Å². The topological polar surface area (TPSA) is 58.6 Å². The fraction of sp³-hybridized carbons (Fsp3) is 0.556. The average Bonchev–Trinajstić information content (AvgIpc) is 3.28. The van der Waals surface area contributed by atoms with Crippen LogP contribution in [0.5, 0.6) is 0 Å². The molecule has 0 aliphatic heterocycles. The molecule has 5 heteroatoms. The summed E-state index contributed by atoms with van der Waals surface area (Å²) >= 11 is 0. The van der Waals surface area contributed by atoms with Crippen molar-refractivity contribution >= 4 is 17.7 Å². The van der Waals surface area contributed by atoms with Crippen molar-refractivity contribution in [2.45, 2.75) is 52.7 Å². The first-order chi connectivity index (χ1) is 10.8. The van der Waals surface area contributed by atoms with Crippen LogP contribution in [0, 0.1) is 5.92 Å². The van der Waals surface area contributed by atoms with Gasteiger partial charge in [0.25, 0.3) is 0 Å². The Bertz CT molecular complexity index is 574. The normalized spacial score (nSPS) is 14.3. The molecule has 0 saturated heterocycles. The molecule has 0 bridgehead atoms. The second kappa shape index (κ2) is 7.02. The van der Waals surface area contributed by atoms with Gasteiger partial charge in [-0.25, -0.2) is 4.79 Å². The predicted molar refractivity (Wildman–Crippen MR) is 90.1 cm³/mol. The molecule has 1 N–H and O–H groups in total. The quantitative estimate of drug-likeness (QED) is 0.898. The molecule has 23 heavy (non-hydrogen) atoms. The second-order valence-electron chi connectivity index (χ2n) is 6.92. The lowest BCUT2D eigenvalue weighted by molar-refractivity contribution is -0.117. The molecule has 1 saturated carbocycles. The maximum absolute atomic E-state index is 12.3. The Morgan fingerprint density at radius 3 is 2.48 bits per heavy atom. The Kier molecular flexibility index (Phi) is 5.29. The van der Waals surface area contributed by atoms with Crippen LogP contribution in [-0.2, 0) is 16.1 Å². The molecular formula is C18H26N2O3. The molecule has 126 valence electrons. The third-order valence-electron chi connectivity index (χ3n) is 3.62. The highest BCUT2D eigenvalue weighted by molar-refractivity contribution is 5.94. The van der Waals surface area contributed by atoms with E-state index in [1.807, 2.05) is 52.0 Å². The lowest BCUT2D eigenvalue weighted by Crippen LogP contribution is -2.36. The molecule has 0 unspecified atom stereocenters. The van der Waals surface area contributed by atoms with Gasteiger partial charge in [-0.1, -0.05) is 18.2 Å². The first kappa shape index (κ1) is 17.3. The molecule has 5 nitrogen and oxygen atoms in total. The van der Waals surface area contributed by atoms with Crippen LogP contribution in [0.1, 0.15) is 46.1 Å². The second-order valence-corrected chi connectivity index (χ2v) is 6.92. The number of para-hydroxylation sites is 1. The number of amides is 2. The molecule has 0 atom stereocenters. The van der Waals surface area contributed by atoms with Crippen LogP contribution >= 0.6 is 0 Å². The summed E-state index contributed by atoms with van der Waals surface area (Å²) in [6.07, 6.45) is 1.59. The van der Waals surface area contributed by atoms with E-state index in [0.717, 1.165) is 24.1 Å². The number of rotatable bonds is 5. The van der Waals surface area contributed by atoms with Crippen LogP contribution in [0.3, 0.4) is 0 Å². The van der Waals surface area contributed by atoms with Gasteiger partial charge >= 0.3 is 6.09 Å². The van der Waals surface area contributed by atoms with Gasteiger partial charge in [0.15, 0.2) is 0 Å². The third-order valence-corrected chi connectivity index (χ3v) is 3.62. The Labute approximate surface area is 138 Å². The van der Waals surface area contributed by atoms with E-state index in [4.69, 9.17) is 4.74 Å². The van der Waals surface area contributed by atoms with E-state index in [0.29, 0.717) is 13.1 Å². The van der Waals surface area contributed by atoms with E-state index in [1.165, 1.54) is 0 Å². The Morgan fingerprint density at radius 2 is 1.91 bits per heavy atom. The van der Waals surface area contributed by atoms with Gasteiger partial charge in [0.1, 0.15) is 5.60 Å². The van der Waals surface area contributed by atoms with E-state index < -0.39 is 5.60 Å². The van der Waals surface area contributed by atoms with Crippen molar-refractivity contribution in [2.75, 3.05) is 11.9 Å². The minimum absolute atomic E-state index is 0.0674. The summed E-state index contributed by atoms with van der Waals surface area (Å²) in [5.74, 6) is 0.217. The van der Waals surface area contributed by atoms with Crippen LogP contribution in [0.2, 0.25) is 0 Å². The minimum Gasteiger partial charge on any atom is -0.444 e. The standard InChI is InChI=1S/C18H26N2O3/c1-5-20(17(22)23-18(2,3)4)12-14-8-6-7-9-15(14)19-16(21)13-10-11-13/h6-9,13H,5,10-12H2,1-4H3,(H,19,21). The molecule has 1 fully saturated rings. The van der Waals surface area contributed by atoms with Crippen molar-refractivity contribution in [3.8, 4) is 0 Å². The number of anilines is 1. The number of nitrogens with zero attached hydrogens (tertiary/aromatic N) is 1. The molecule has 2 rings (SSSR count). The van der Waals surface area contributed by atoms with Crippen LogP contribution in [0.25, 0.3) is 0 Å². The average molecular weight is 318 g/mol. The minimum atomic E-state index is -0.524. The summed E-state index contributed by atoms with van der Waals surface area (Å²) in [7, 11) is 0. The number of ether oxygens (including phenoxy) is 1. The summed E-state index contributed by atoms with van der Waals surface area (Å²) in [6, 6.07) is 7.59. The maximum atomic E-state index is 12.3. The van der Waals surface area contributed by atoms with Crippen LogP contribution in [-0.4, -0.2) is 29.0 Å². The first-order valence-electron chi connectivity index (χ1n) is 8.17. The molecule has 1 aliphatic carbocycles. The zero-order chi connectivity index (χ0) is 17.0. The van der Waals surface area contributed by atoms with E-state index in [-0.39, 0.29) is 17.9 Å². The van der Waals surface area contributed by atoms with Crippen molar-refractivity contribution in [3.63, 3.8) is 0 Å². The number of nitrogens with one attached hydrogen (secondary N) is 1. The van der Waals surface area contributed by atoms with E-state index in [1.54, 1.807) is 4.90 Å². The number of hydrogen-bond donors (Lipinski definition) is 1. The number of benzene rings is 1. The molecule has 1 aromatic carbocycles. The van der Waals surface area contributed by atoms with E-state index in [9.17, 15) is 9.59 Å². The molecule has 0 aromatic heterocycles. The SMILES string of the molecule is CCN(Cc1ccccc1NC(=O)C1CC1)C(=O)OC(C)(C)C. The third kappa shape index (κ3) is 5.27. The summed E-state index contributed by atoms with van der Waals surface area (Å²) in [4.78, 5) is 25.9. The first-order valence-corrected chi connectivity index (χ1v) is 8.17. The van der Waals surface area contributed by atoms with Crippen LogP contribution in [0.15, 0.2) is 24.3 Å². The number of hydrogen-bond acceptors (Lipinski definition) is 3. The highest BCUT2D eigenvalue weighted by atomic mass is 16.6. The fourth-order valence-corrected chi connectivity index (χ4v) is 2.20. The molecule has 0 heterocycles. The van der Waals surface area contributed by atoms with Gasteiger partial charge in [-0.15, -0.1) is 0 Å². The molecule has 0 spiro atoms.